The van der Waals surface area contributed by atoms with Crippen molar-refractivity contribution in [3.8, 4) is 11.3 Å². The molecule has 178 valence electrons. The summed E-state index contributed by atoms with van der Waals surface area (Å²) in [6.45, 7) is 0.628. The first-order chi connectivity index (χ1) is 17.0. The Morgan fingerprint density at radius 3 is 2.57 bits per heavy atom. The minimum absolute atomic E-state index is 0.133. The molecule has 1 unspecified atom stereocenters. The Bertz CT molecular complexity index is 1360. The van der Waals surface area contributed by atoms with Gasteiger partial charge in [0.25, 0.3) is 5.91 Å². The van der Waals surface area contributed by atoms with E-state index in [1.807, 2.05) is 30.3 Å². The molecule has 0 spiro atoms. The standard InChI is InChI=1S/C26H26N6O2S/c1-28-26(34)21-10-11-29-24-19(4-3-5-20(21)24)18(14-35-2)13-30-23-12-22(31-15-32-23)16-6-8-17(9-7-16)25(27)33/h3-12,15,18H,13-14H2,1-2H3,(H2,27,33)(H,28,34)(H,30,31,32). The summed E-state index contributed by atoms with van der Waals surface area (Å²) in [6.07, 6.45) is 5.26. The van der Waals surface area contributed by atoms with Crippen LogP contribution in [0.4, 0.5) is 5.82 Å². The van der Waals surface area contributed by atoms with E-state index in [1.165, 1.54) is 6.33 Å². The maximum Gasteiger partial charge on any atom is 0.251 e. The number of anilines is 1. The third-order valence-corrected chi connectivity index (χ3v) is 6.48. The number of primary amides is 1. The van der Waals surface area contributed by atoms with E-state index in [1.54, 1.807) is 43.2 Å². The molecule has 0 aliphatic carbocycles. The Balaban J connectivity index is 1.59. The second kappa shape index (κ2) is 11.0. The fourth-order valence-electron chi connectivity index (χ4n) is 3.97. The first-order valence-corrected chi connectivity index (χ1v) is 12.5. The molecule has 2 amide bonds. The van der Waals surface area contributed by atoms with Crippen LogP contribution in [0.3, 0.4) is 0 Å². The van der Waals surface area contributed by atoms with Gasteiger partial charge in [0.15, 0.2) is 0 Å². The first kappa shape index (κ1) is 24.2. The van der Waals surface area contributed by atoms with Gasteiger partial charge in [-0.05, 0) is 30.0 Å². The molecular formula is C26H26N6O2S. The van der Waals surface area contributed by atoms with Gasteiger partial charge in [-0.2, -0.15) is 11.8 Å². The lowest BCUT2D eigenvalue weighted by molar-refractivity contribution is 0.0963. The highest BCUT2D eigenvalue weighted by Crippen LogP contribution is 2.29. The molecule has 4 aromatic rings. The fourth-order valence-corrected chi connectivity index (χ4v) is 4.67. The van der Waals surface area contributed by atoms with Gasteiger partial charge in [-0.3, -0.25) is 14.6 Å². The van der Waals surface area contributed by atoms with Crippen molar-refractivity contribution in [2.45, 2.75) is 5.92 Å². The number of nitrogens with zero attached hydrogens (tertiary/aromatic N) is 3. The number of nitrogens with two attached hydrogens (primary N) is 1. The molecule has 9 heteroatoms. The molecule has 0 fully saturated rings. The highest BCUT2D eigenvalue weighted by atomic mass is 32.2. The number of rotatable bonds is 9. The molecule has 4 rings (SSSR count). The van der Waals surface area contributed by atoms with E-state index in [0.717, 1.165) is 33.5 Å². The third kappa shape index (κ3) is 5.41. The SMILES string of the molecule is CNC(=O)c1ccnc2c(C(CNc3cc(-c4ccc(C(N)=O)cc4)ncn3)CSC)cccc12. The molecule has 2 heterocycles. The zero-order valence-electron chi connectivity index (χ0n) is 19.5. The van der Waals surface area contributed by atoms with Gasteiger partial charge in [0.2, 0.25) is 5.91 Å². The minimum atomic E-state index is -0.466. The van der Waals surface area contributed by atoms with E-state index in [9.17, 15) is 9.59 Å². The largest absolute Gasteiger partial charge is 0.369 e. The number of aromatic nitrogens is 3. The zero-order chi connectivity index (χ0) is 24.8. The summed E-state index contributed by atoms with van der Waals surface area (Å²) in [4.78, 5) is 37.0. The normalized spacial score (nSPS) is 11.7. The second-order valence-corrected chi connectivity index (χ2v) is 8.85. The molecule has 8 nitrogen and oxygen atoms in total. The maximum absolute atomic E-state index is 12.4. The van der Waals surface area contributed by atoms with Gasteiger partial charge < -0.3 is 16.4 Å². The number of carbonyl (C=O) groups is 2. The lowest BCUT2D eigenvalue weighted by atomic mass is 9.95. The van der Waals surface area contributed by atoms with E-state index >= 15 is 0 Å². The van der Waals surface area contributed by atoms with Gasteiger partial charge >= 0.3 is 0 Å². The van der Waals surface area contributed by atoms with Gasteiger partial charge in [0.1, 0.15) is 12.1 Å². The molecule has 0 aliphatic heterocycles. The molecule has 2 aromatic heterocycles. The van der Waals surface area contributed by atoms with Crippen molar-refractivity contribution in [2.24, 2.45) is 5.73 Å². The number of fused-ring (bicyclic) bond motifs is 1. The van der Waals surface area contributed by atoms with Crippen LogP contribution in [0.5, 0.6) is 0 Å². The van der Waals surface area contributed by atoms with Crippen LogP contribution < -0.4 is 16.4 Å². The van der Waals surface area contributed by atoms with Crippen molar-refractivity contribution >= 4 is 40.3 Å². The van der Waals surface area contributed by atoms with Gasteiger partial charge in [-0.15, -0.1) is 0 Å². The number of nitrogens with one attached hydrogen (secondary N) is 2. The molecule has 4 N–H and O–H groups in total. The smallest absolute Gasteiger partial charge is 0.251 e. The summed E-state index contributed by atoms with van der Waals surface area (Å²) in [6, 6.07) is 16.6. The number of hydrogen-bond acceptors (Lipinski definition) is 7. The van der Waals surface area contributed by atoms with Crippen molar-refractivity contribution in [1.82, 2.24) is 20.3 Å². The van der Waals surface area contributed by atoms with Gasteiger partial charge in [-0.25, -0.2) is 9.97 Å². The summed E-state index contributed by atoms with van der Waals surface area (Å²) in [5.74, 6) is 1.09. The van der Waals surface area contributed by atoms with E-state index in [4.69, 9.17) is 5.73 Å². The third-order valence-electron chi connectivity index (χ3n) is 5.74. The number of para-hydroxylation sites is 1. The van der Waals surface area contributed by atoms with Gasteiger partial charge in [0.05, 0.1) is 16.8 Å². The summed E-state index contributed by atoms with van der Waals surface area (Å²) in [5.41, 5.74) is 9.89. The van der Waals surface area contributed by atoms with Crippen LogP contribution in [-0.2, 0) is 0 Å². The van der Waals surface area contributed by atoms with Crippen LogP contribution in [0.25, 0.3) is 22.2 Å². The van der Waals surface area contributed by atoms with Crippen molar-refractivity contribution in [3.63, 3.8) is 0 Å². The predicted molar refractivity (Wildman–Crippen MR) is 141 cm³/mol. The topological polar surface area (TPSA) is 123 Å². The number of pyridine rings is 1. The minimum Gasteiger partial charge on any atom is -0.369 e. The summed E-state index contributed by atoms with van der Waals surface area (Å²) >= 11 is 1.75. The van der Waals surface area contributed by atoms with E-state index in [0.29, 0.717) is 23.5 Å². The highest BCUT2D eigenvalue weighted by Gasteiger charge is 2.18. The van der Waals surface area contributed by atoms with Crippen LogP contribution in [-0.4, -0.2) is 52.4 Å². The highest BCUT2D eigenvalue weighted by molar-refractivity contribution is 7.98. The number of benzene rings is 2. The number of amides is 2. The van der Waals surface area contributed by atoms with Crippen LogP contribution in [0.1, 0.15) is 32.2 Å². The van der Waals surface area contributed by atoms with Crippen molar-refractivity contribution in [3.05, 3.63) is 83.8 Å². The molecule has 0 saturated carbocycles. The maximum atomic E-state index is 12.4. The average molecular weight is 487 g/mol. The Morgan fingerprint density at radius 2 is 1.86 bits per heavy atom. The quantitative estimate of drug-likeness (QED) is 0.330. The summed E-state index contributed by atoms with van der Waals surface area (Å²) < 4.78 is 0. The predicted octanol–water partition coefficient (Wildman–Crippen LogP) is 3.71. The van der Waals surface area contributed by atoms with Crippen molar-refractivity contribution in [1.29, 1.82) is 0 Å². The van der Waals surface area contributed by atoms with Crippen LogP contribution in [0.15, 0.2) is 67.1 Å². The number of thioether (sulfide) groups is 1. The molecule has 1 atom stereocenters. The molecular weight excluding hydrogens is 460 g/mol. The van der Waals surface area contributed by atoms with Crippen molar-refractivity contribution < 1.29 is 9.59 Å². The molecule has 0 bridgehead atoms. The Kier molecular flexibility index (Phi) is 7.57. The summed E-state index contributed by atoms with van der Waals surface area (Å²) in [5, 5.41) is 6.97. The lowest BCUT2D eigenvalue weighted by Gasteiger charge is -2.19. The van der Waals surface area contributed by atoms with Gasteiger partial charge in [-0.1, -0.05) is 30.3 Å². The van der Waals surface area contributed by atoms with Crippen LogP contribution >= 0.6 is 11.8 Å². The van der Waals surface area contributed by atoms with Gasteiger partial charge in [0, 0.05) is 54.0 Å². The lowest BCUT2D eigenvalue weighted by Crippen LogP contribution is -2.19. The van der Waals surface area contributed by atoms with E-state index in [-0.39, 0.29) is 11.8 Å². The molecule has 0 aliphatic rings. The van der Waals surface area contributed by atoms with E-state index < -0.39 is 5.91 Å². The Labute approximate surface area is 207 Å². The summed E-state index contributed by atoms with van der Waals surface area (Å²) in [7, 11) is 1.63. The zero-order valence-corrected chi connectivity index (χ0v) is 20.3. The fraction of sp³-hybridized carbons (Fsp3) is 0.192. The molecule has 2 aromatic carbocycles. The van der Waals surface area contributed by atoms with Crippen molar-refractivity contribution in [2.75, 3.05) is 30.9 Å². The first-order valence-electron chi connectivity index (χ1n) is 11.1. The number of hydrogen-bond donors (Lipinski definition) is 3. The van der Waals surface area contributed by atoms with E-state index in [2.05, 4.69) is 37.9 Å². The number of carbonyl (C=O) groups excluding carboxylic acids is 2. The average Bonchev–Trinajstić information content (AvgIpc) is 2.90. The molecule has 0 radical (unpaired) electrons. The van der Waals surface area contributed by atoms with Crippen LogP contribution in [0.2, 0.25) is 0 Å². The molecule has 35 heavy (non-hydrogen) atoms. The Morgan fingerprint density at radius 1 is 1.06 bits per heavy atom. The van der Waals surface area contributed by atoms with Crippen LogP contribution in [0, 0.1) is 0 Å². The monoisotopic (exact) mass is 486 g/mol. The molecule has 0 saturated heterocycles. The Hall–Kier alpha value is -3.98. The second-order valence-electron chi connectivity index (χ2n) is 7.94.